The van der Waals surface area contributed by atoms with Crippen molar-refractivity contribution < 1.29 is 14.6 Å². The molecule has 100 valence electrons. The Morgan fingerprint density at radius 3 is 2.67 bits per heavy atom. The van der Waals surface area contributed by atoms with Crippen molar-refractivity contribution in [1.29, 1.82) is 0 Å². The summed E-state index contributed by atoms with van der Waals surface area (Å²) in [4.78, 5) is 11.5. The molecule has 0 bridgehead atoms. The van der Waals surface area contributed by atoms with Gasteiger partial charge in [-0.25, -0.2) is 0 Å². The zero-order valence-electron chi connectivity index (χ0n) is 11.1. The number of benzene rings is 1. The number of methoxy groups -OCH3 is 1. The number of nitrogens with two attached hydrogens (primary N) is 1. The van der Waals surface area contributed by atoms with Gasteiger partial charge in [-0.05, 0) is 36.1 Å². The van der Waals surface area contributed by atoms with Crippen molar-refractivity contribution in [2.24, 2.45) is 5.92 Å². The number of carboxylic acid groups (broad SMARTS) is 1. The molecule has 4 nitrogen and oxygen atoms in total. The predicted molar refractivity (Wildman–Crippen MR) is 71.9 cm³/mol. The van der Waals surface area contributed by atoms with Crippen LogP contribution in [0.1, 0.15) is 38.2 Å². The summed E-state index contributed by atoms with van der Waals surface area (Å²) in [6.07, 6.45) is 1.81. The molecule has 0 spiro atoms. The van der Waals surface area contributed by atoms with Gasteiger partial charge in [-0.2, -0.15) is 0 Å². The summed E-state index contributed by atoms with van der Waals surface area (Å²) in [6.45, 7) is 3.99. The number of nitrogen functional groups attached to an aromatic ring is 1. The summed E-state index contributed by atoms with van der Waals surface area (Å²) < 4.78 is 5.13. The molecule has 4 heteroatoms. The maximum Gasteiger partial charge on any atom is 0.311 e. The molecule has 1 rings (SSSR count). The highest BCUT2D eigenvalue weighted by molar-refractivity contribution is 5.79. The van der Waals surface area contributed by atoms with E-state index in [0.717, 1.165) is 12.8 Å². The van der Waals surface area contributed by atoms with Gasteiger partial charge in [0.2, 0.25) is 0 Å². The quantitative estimate of drug-likeness (QED) is 0.762. The Bertz CT molecular complexity index is 418. The summed E-state index contributed by atoms with van der Waals surface area (Å²) in [5, 5.41) is 9.42. The van der Waals surface area contributed by atoms with Crippen LogP contribution < -0.4 is 10.5 Å². The Labute approximate surface area is 108 Å². The topological polar surface area (TPSA) is 72.5 Å². The third-order valence-electron chi connectivity index (χ3n) is 3.21. The zero-order chi connectivity index (χ0) is 13.7. The van der Waals surface area contributed by atoms with Crippen LogP contribution in [0.3, 0.4) is 0 Å². The van der Waals surface area contributed by atoms with Crippen molar-refractivity contribution in [3.63, 3.8) is 0 Å². The lowest BCUT2D eigenvalue weighted by Gasteiger charge is -2.22. The van der Waals surface area contributed by atoms with Crippen molar-refractivity contribution in [3.05, 3.63) is 23.8 Å². The van der Waals surface area contributed by atoms with Gasteiger partial charge in [-0.1, -0.05) is 20.3 Å². The van der Waals surface area contributed by atoms with Crippen molar-refractivity contribution in [1.82, 2.24) is 0 Å². The van der Waals surface area contributed by atoms with Gasteiger partial charge in [0.1, 0.15) is 5.75 Å². The van der Waals surface area contributed by atoms with Crippen LogP contribution in [0.15, 0.2) is 18.2 Å². The maximum atomic E-state index is 11.5. The summed E-state index contributed by atoms with van der Waals surface area (Å²) in [5.74, 6) is -0.744. The van der Waals surface area contributed by atoms with Gasteiger partial charge < -0.3 is 15.6 Å². The maximum absolute atomic E-state index is 11.5. The molecular weight excluding hydrogens is 230 g/mol. The van der Waals surface area contributed by atoms with E-state index in [2.05, 4.69) is 0 Å². The number of carbonyl (C=O) groups is 1. The smallest absolute Gasteiger partial charge is 0.311 e. The molecule has 0 heterocycles. The van der Waals surface area contributed by atoms with E-state index in [0.29, 0.717) is 17.0 Å². The van der Waals surface area contributed by atoms with Crippen LogP contribution in [0, 0.1) is 5.92 Å². The number of rotatable bonds is 6. The van der Waals surface area contributed by atoms with Gasteiger partial charge in [0.25, 0.3) is 0 Å². The normalized spacial score (nSPS) is 13.9. The van der Waals surface area contributed by atoms with Crippen LogP contribution in [0.25, 0.3) is 0 Å². The van der Waals surface area contributed by atoms with Crippen LogP contribution in [0.4, 0.5) is 5.69 Å². The lowest BCUT2D eigenvalue weighted by molar-refractivity contribution is -0.140. The number of hydrogen-bond donors (Lipinski definition) is 2. The molecule has 2 unspecified atom stereocenters. The Morgan fingerprint density at radius 1 is 1.50 bits per heavy atom. The second-order valence-electron chi connectivity index (χ2n) is 4.58. The van der Waals surface area contributed by atoms with E-state index >= 15 is 0 Å². The first-order chi connectivity index (χ1) is 8.51. The van der Waals surface area contributed by atoms with Crippen LogP contribution in [0.2, 0.25) is 0 Å². The molecule has 0 fully saturated rings. The molecule has 1 aromatic rings. The van der Waals surface area contributed by atoms with Crippen LogP contribution >= 0.6 is 0 Å². The van der Waals surface area contributed by atoms with E-state index in [1.165, 1.54) is 0 Å². The van der Waals surface area contributed by atoms with E-state index in [1.54, 1.807) is 25.3 Å². The van der Waals surface area contributed by atoms with Gasteiger partial charge in [-0.3, -0.25) is 4.79 Å². The van der Waals surface area contributed by atoms with E-state index in [4.69, 9.17) is 10.5 Å². The summed E-state index contributed by atoms with van der Waals surface area (Å²) in [5.41, 5.74) is 7.05. The Kier molecular flexibility index (Phi) is 5.01. The van der Waals surface area contributed by atoms with E-state index in [9.17, 15) is 9.90 Å². The van der Waals surface area contributed by atoms with Crippen LogP contribution in [-0.4, -0.2) is 18.2 Å². The first kappa shape index (κ1) is 14.4. The average Bonchev–Trinajstić information content (AvgIpc) is 2.31. The lowest BCUT2D eigenvalue weighted by atomic mass is 9.83. The zero-order valence-corrected chi connectivity index (χ0v) is 11.1. The Hall–Kier alpha value is -1.71. The molecule has 0 amide bonds. The lowest BCUT2D eigenvalue weighted by Crippen LogP contribution is -2.20. The minimum absolute atomic E-state index is 0.0434. The number of aliphatic carboxylic acids is 1. The van der Waals surface area contributed by atoms with Gasteiger partial charge in [-0.15, -0.1) is 0 Å². The predicted octanol–water partition coefficient (Wildman–Crippen LogP) is 2.88. The molecule has 0 aliphatic carbocycles. The molecule has 2 atom stereocenters. The van der Waals surface area contributed by atoms with Crippen LogP contribution in [-0.2, 0) is 4.79 Å². The van der Waals surface area contributed by atoms with Crippen molar-refractivity contribution in [2.75, 3.05) is 12.8 Å². The molecule has 0 saturated heterocycles. The summed E-state index contributed by atoms with van der Waals surface area (Å²) in [7, 11) is 1.56. The Morgan fingerprint density at radius 2 is 2.17 bits per heavy atom. The largest absolute Gasteiger partial charge is 0.497 e. The van der Waals surface area contributed by atoms with E-state index < -0.39 is 11.9 Å². The summed E-state index contributed by atoms with van der Waals surface area (Å²) >= 11 is 0. The number of anilines is 1. The van der Waals surface area contributed by atoms with E-state index in [-0.39, 0.29) is 5.92 Å². The average molecular weight is 251 g/mol. The SMILES string of the molecule is CCCC(C)C(C(=O)O)c1cc(OC)ccc1N. The van der Waals surface area contributed by atoms with Gasteiger partial charge in [0.05, 0.1) is 13.0 Å². The minimum Gasteiger partial charge on any atom is -0.497 e. The number of ether oxygens (including phenoxy) is 1. The molecule has 0 aliphatic heterocycles. The highest BCUT2D eigenvalue weighted by Gasteiger charge is 2.28. The molecular formula is C14H21NO3. The molecule has 0 aromatic heterocycles. The fourth-order valence-corrected chi connectivity index (χ4v) is 2.25. The molecule has 18 heavy (non-hydrogen) atoms. The second-order valence-corrected chi connectivity index (χ2v) is 4.58. The molecule has 0 saturated carbocycles. The standard InChI is InChI=1S/C14H21NO3/c1-4-5-9(2)13(14(16)17)11-8-10(18-3)6-7-12(11)15/h6-9,13H,4-5,15H2,1-3H3,(H,16,17). The molecule has 3 N–H and O–H groups in total. The van der Waals surface area contributed by atoms with Gasteiger partial charge in [0, 0.05) is 5.69 Å². The first-order valence-corrected chi connectivity index (χ1v) is 6.17. The van der Waals surface area contributed by atoms with Crippen molar-refractivity contribution >= 4 is 11.7 Å². The third-order valence-corrected chi connectivity index (χ3v) is 3.21. The molecule has 0 aliphatic rings. The van der Waals surface area contributed by atoms with Crippen molar-refractivity contribution in [2.45, 2.75) is 32.6 Å². The minimum atomic E-state index is -0.837. The fraction of sp³-hybridized carbons (Fsp3) is 0.500. The molecule has 0 radical (unpaired) electrons. The highest BCUT2D eigenvalue weighted by Crippen LogP contribution is 2.34. The second kappa shape index (κ2) is 6.28. The monoisotopic (exact) mass is 251 g/mol. The van der Waals surface area contributed by atoms with Crippen molar-refractivity contribution in [3.8, 4) is 5.75 Å². The summed E-state index contributed by atoms with van der Waals surface area (Å²) in [6, 6.07) is 5.16. The number of carboxylic acids is 1. The van der Waals surface area contributed by atoms with Gasteiger partial charge >= 0.3 is 5.97 Å². The van der Waals surface area contributed by atoms with Crippen LogP contribution in [0.5, 0.6) is 5.75 Å². The van der Waals surface area contributed by atoms with Gasteiger partial charge in [0.15, 0.2) is 0 Å². The number of hydrogen-bond acceptors (Lipinski definition) is 3. The first-order valence-electron chi connectivity index (χ1n) is 6.17. The highest BCUT2D eigenvalue weighted by atomic mass is 16.5. The molecule has 1 aromatic carbocycles. The van der Waals surface area contributed by atoms with E-state index in [1.807, 2.05) is 13.8 Å². The third kappa shape index (κ3) is 3.15. The fourth-order valence-electron chi connectivity index (χ4n) is 2.25. The Balaban J connectivity index is 3.16.